The van der Waals surface area contributed by atoms with Crippen molar-refractivity contribution in [1.82, 2.24) is 9.62 Å². The molecule has 2 saturated heterocycles. The number of benzene rings is 1. The van der Waals surface area contributed by atoms with E-state index in [1.807, 2.05) is 13.8 Å². The van der Waals surface area contributed by atoms with Gasteiger partial charge in [0.25, 0.3) is 0 Å². The van der Waals surface area contributed by atoms with Crippen LogP contribution in [-0.2, 0) is 24.3 Å². The fraction of sp³-hybridized carbons (Fsp3) is 0.565. The van der Waals surface area contributed by atoms with Crippen LogP contribution >= 0.6 is 0 Å². The van der Waals surface area contributed by atoms with Crippen LogP contribution in [-0.4, -0.2) is 63.9 Å². The Balaban J connectivity index is 1.70. The molecule has 1 N–H and O–H groups in total. The van der Waals surface area contributed by atoms with Crippen molar-refractivity contribution in [2.75, 3.05) is 38.3 Å². The van der Waals surface area contributed by atoms with Crippen LogP contribution in [0.1, 0.15) is 26.7 Å². The maximum atomic E-state index is 13.3. The zero-order chi connectivity index (χ0) is 23.5. The van der Waals surface area contributed by atoms with E-state index in [1.165, 1.54) is 10.4 Å². The average molecular weight is 464 g/mol. The number of hydrogen-bond acceptors (Lipinski definition) is 5. The second-order valence-electron chi connectivity index (χ2n) is 8.79. The molecule has 3 rings (SSSR count). The van der Waals surface area contributed by atoms with Crippen molar-refractivity contribution in [3.63, 3.8) is 0 Å². The largest absolute Gasteiger partial charge is 0.381 e. The quantitative estimate of drug-likeness (QED) is 0.651. The first-order valence-corrected chi connectivity index (χ1v) is 12.5. The first-order valence-electron chi connectivity index (χ1n) is 11.0. The number of rotatable bonds is 6. The summed E-state index contributed by atoms with van der Waals surface area (Å²) < 4.78 is 33.3. The summed E-state index contributed by atoms with van der Waals surface area (Å²) in [6.45, 7) is 9.17. The minimum absolute atomic E-state index is 0.0233. The van der Waals surface area contributed by atoms with Gasteiger partial charge in [-0.05, 0) is 55.0 Å². The van der Waals surface area contributed by atoms with Crippen LogP contribution < -0.4 is 10.2 Å². The molecule has 0 bridgehead atoms. The van der Waals surface area contributed by atoms with Crippen LogP contribution in [0.25, 0.3) is 0 Å². The molecule has 0 radical (unpaired) electrons. The Morgan fingerprint density at radius 1 is 1.12 bits per heavy atom. The summed E-state index contributed by atoms with van der Waals surface area (Å²) in [7, 11) is -1.97. The minimum atomic E-state index is -3.69. The summed E-state index contributed by atoms with van der Waals surface area (Å²) in [5.74, 6) is -0.377. The van der Waals surface area contributed by atoms with Gasteiger partial charge in [-0.15, -0.1) is 0 Å². The van der Waals surface area contributed by atoms with E-state index in [0.717, 1.165) is 0 Å². The molecule has 1 aromatic carbocycles. The molecule has 2 unspecified atom stereocenters. The van der Waals surface area contributed by atoms with Crippen LogP contribution in [0, 0.1) is 17.8 Å². The number of anilines is 1. The van der Waals surface area contributed by atoms with Crippen molar-refractivity contribution in [2.45, 2.75) is 37.6 Å². The molecular weight excluding hydrogens is 430 g/mol. The zero-order valence-corrected chi connectivity index (χ0v) is 19.8. The number of carbonyl (C=O) groups excluding carboxylic acids is 2. The van der Waals surface area contributed by atoms with Gasteiger partial charge in [0.2, 0.25) is 21.8 Å². The molecule has 2 atom stereocenters. The summed E-state index contributed by atoms with van der Waals surface area (Å²) in [6.07, 6.45) is 2.64. The van der Waals surface area contributed by atoms with E-state index in [0.29, 0.717) is 44.8 Å². The third-order valence-electron chi connectivity index (χ3n) is 6.47. The summed E-state index contributed by atoms with van der Waals surface area (Å²) in [4.78, 5) is 26.2. The van der Waals surface area contributed by atoms with Crippen LogP contribution in [0.2, 0.25) is 0 Å². The van der Waals surface area contributed by atoms with Gasteiger partial charge in [0.15, 0.2) is 0 Å². The molecule has 0 spiro atoms. The number of ether oxygens (including phenoxy) is 1. The number of hydrogen-bond donors (Lipinski definition) is 1. The van der Waals surface area contributed by atoms with E-state index < -0.39 is 10.0 Å². The molecule has 0 saturated carbocycles. The fourth-order valence-corrected chi connectivity index (χ4v) is 6.19. The van der Waals surface area contributed by atoms with E-state index in [9.17, 15) is 18.0 Å². The summed E-state index contributed by atoms with van der Waals surface area (Å²) in [5.41, 5.74) is 0.660. The molecule has 2 amide bonds. The van der Waals surface area contributed by atoms with E-state index in [2.05, 4.69) is 11.9 Å². The number of amides is 2. The second-order valence-corrected chi connectivity index (χ2v) is 10.7. The highest BCUT2D eigenvalue weighted by atomic mass is 32.2. The van der Waals surface area contributed by atoms with Gasteiger partial charge < -0.3 is 15.0 Å². The van der Waals surface area contributed by atoms with Crippen molar-refractivity contribution >= 4 is 27.5 Å². The third kappa shape index (κ3) is 5.22. The zero-order valence-electron chi connectivity index (χ0n) is 19.0. The Morgan fingerprint density at radius 3 is 2.22 bits per heavy atom. The van der Waals surface area contributed by atoms with Crippen LogP contribution in [0.3, 0.4) is 0 Å². The Bertz CT molecular complexity index is 929. The molecule has 2 aliphatic rings. The van der Waals surface area contributed by atoms with Crippen LogP contribution in [0.5, 0.6) is 0 Å². The van der Waals surface area contributed by atoms with Gasteiger partial charge in [-0.3, -0.25) is 9.59 Å². The highest BCUT2D eigenvalue weighted by Gasteiger charge is 2.38. The first-order chi connectivity index (χ1) is 15.1. The molecule has 1 aromatic rings. The van der Waals surface area contributed by atoms with Crippen LogP contribution in [0.15, 0.2) is 41.8 Å². The molecule has 0 aliphatic carbocycles. The molecular formula is C23H33N3O5S. The Morgan fingerprint density at radius 2 is 1.69 bits per heavy atom. The van der Waals surface area contributed by atoms with E-state index in [4.69, 9.17) is 4.74 Å². The molecule has 8 nitrogen and oxygen atoms in total. The number of carbonyl (C=O) groups is 2. The lowest BCUT2D eigenvalue weighted by Gasteiger charge is -2.40. The van der Waals surface area contributed by atoms with Gasteiger partial charge >= 0.3 is 0 Å². The van der Waals surface area contributed by atoms with E-state index >= 15 is 0 Å². The monoisotopic (exact) mass is 463 g/mol. The van der Waals surface area contributed by atoms with E-state index in [1.54, 1.807) is 36.2 Å². The lowest BCUT2D eigenvalue weighted by atomic mass is 9.87. The highest BCUT2D eigenvalue weighted by molar-refractivity contribution is 7.89. The van der Waals surface area contributed by atoms with Gasteiger partial charge in [0.05, 0.1) is 4.90 Å². The second kappa shape index (κ2) is 10.1. The number of sulfonamides is 1. The lowest BCUT2D eigenvalue weighted by Crippen LogP contribution is -2.55. The van der Waals surface area contributed by atoms with Crippen molar-refractivity contribution in [3.8, 4) is 0 Å². The number of piperidine rings is 1. The van der Waals surface area contributed by atoms with Gasteiger partial charge in [-0.2, -0.15) is 4.31 Å². The standard InChI is InChI=1S/C23H33N3O5S/c1-5-21(27)24-22-16(2)14-26(15-17(22)3)32(29,30)20-8-6-19(7-9-20)25(4)23(28)18-10-12-31-13-11-18/h5-9,16-18,22H,1,10-15H2,2-4H3,(H,24,27). The van der Waals surface area contributed by atoms with Crippen LogP contribution in [0.4, 0.5) is 5.69 Å². The predicted octanol–water partition coefficient (Wildman–Crippen LogP) is 2.02. The maximum absolute atomic E-state index is 13.3. The number of nitrogens with one attached hydrogen (secondary N) is 1. The molecule has 2 aliphatic heterocycles. The minimum Gasteiger partial charge on any atom is -0.381 e. The molecule has 0 aromatic heterocycles. The molecule has 32 heavy (non-hydrogen) atoms. The Labute approximate surface area is 190 Å². The van der Waals surface area contributed by atoms with Gasteiger partial charge in [0.1, 0.15) is 0 Å². The lowest BCUT2D eigenvalue weighted by molar-refractivity contribution is -0.124. The molecule has 176 valence electrons. The smallest absolute Gasteiger partial charge is 0.243 e. The third-order valence-corrected chi connectivity index (χ3v) is 8.31. The van der Waals surface area contributed by atoms with Gasteiger partial charge in [0, 0.05) is 51.0 Å². The van der Waals surface area contributed by atoms with Crippen molar-refractivity contribution in [3.05, 3.63) is 36.9 Å². The molecule has 2 fully saturated rings. The van der Waals surface area contributed by atoms with Gasteiger partial charge in [-0.1, -0.05) is 20.4 Å². The Kier molecular flexibility index (Phi) is 7.74. The summed E-state index contributed by atoms with van der Waals surface area (Å²) in [6, 6.07) is 6.35. The summed E-state index contributed by atoms with van der Waals surface area (Å²) in [5, 5.41) is 2.91. The van der Waals surface area contributed by atoms with E-state index in [-0.39, 0.29) is 40.5 Å². The Hall–Kier alpha value is -2.23. The molecule has 9 heteroatoms. The average Bonchev–Trinajstić information content (AvgIpc) is 2.80. The SMILES string of the molecule is C=CC(=O)NC1C(C)CN(S(=O)(=O)c2ccc(N(C)C(=O)C3CCOCC3)cc2)CC1C. The maximum Gasteiger partial charge on any atom is 0.243 e. The molecule has 2 heterocycles. The predicted molar refractivity (Wildman–Crippen MR) is 123 cm³/mol. The van der Waals surface area contributed by atoms with Crippen molar-refractivity contribution in [2.24, 2.45) is 17.8 Å². The topological polar surface area (TPSA) is 96.0 Å². The first kappa shape index (κ1) is 24.4. The van der Waals surface area contributed by atoms with Gasteiger partial charge in [-0.25, -0.2) is 8.42 Å². The van der Waals surface area contributed by atoms with Crippen molar-refractivity contribution in [1.29, 1.82) is 0 Å². The van der Waals surface area contributed by atoms with Crippen molar-refractivity contribution < 1.29 is 22.7 Å². The normalized spacial score (nSPS) is 25.2. The fourth-order valence-electron chi connectivity index (χ4n) is 4.55. The highest BCUT2D eigenvalue weighted by Crippen LogP contribution is 2.29. The number of nitrogens with zero attached hydrogens (tertiary/aromatic N) is 2. The summed E-state index contributed by atoms with van der Waals surface area (Å²) >= 11 is 0.